The Morgan fingerprint density at radius 1 is 1.14 bits per heavy atom. The van der Waals surface area contributed by atoms with E-state index in [1.165, 1.54) is 24.3 Å². The lowest BCUT2D eigenvalue weighted by molar-refractivity contribution is -0.120. The van der Waals surface area contributed by atoms with Crippen molar-refractivity contribution in [1.29, 1.82) is 0 Å². The third kappa shape index (κ3) is 6.77. The number of hydrogen-bond acceptors (Lipinski definition) is 4. The summed E-state index contributed by atoms with van der Waals surface area (Å²) in [7, 11) is -3.34. The molecule has 0 heterocycles. The van der Waals surface area contributed by atoms with Gasteiger partial charge in [-0.1, -0.05) is 0 Å². The fraction of sp³-hybridized carbons (Fsp3) is 0.385. The van der Waals surface area contributed by atoms with Gasteiger partial charge < -0.3 is 10.6 Å². The van der Waals surface area contributed by atoms with Gasteiger partial charge in [0.1, 0.15) is 5.38 Å². The molecule has 0 aliphatic rings. The molecule has 0 saturated carbocycles. The number of rotatable bonds is 7. The first-order valence-corrected chi connectivity index (χ1v) is 8.79. The Labute approximate surface area is 134 Å². The van der Waals surface area contributed by atoms with Crippen LogP contribution in [-0.4, -0.2) is 45.0 Å². The molecule has 9 heteroatoms. The first kappa shape index (κ1) is 18.2. The Kier molecular flexibility index (Phi) is 6.63. The second-order valence-electron chi connectivity index (χ2n) is 4.61. The second-order valence-corrected chi connectivity index (χ2v) is 7.02. The van der Waals surface area contributed by atoms with Crippen LogP contribution in [0.5, 0.6) is 0 Å². The summed E-state index contributed by atoms with van der Waals surface area (Å²) in [6.07, 6.45) is 1.05. The Morgan fingerprint density at radius 3 is 2.18 bits per heavy atom. The van der Waals surface area contributed by atoms with E-state index >= 15 is 0 Å². The fourth-order valence-corrected chi connectivity index (χ4v) is 2.15. The molecule has 0 bridgehead atoms. The fourth-order valence-electron chi connectivity index (χ4n) is 1.51. The monoisotopic (exact) mass is 347 g/mol. The molecule has 0 spiro atoms. The van der Waals surface area contributed by atoms with Gasteiger partial charge >= 0.3 is 0 Å². The lowest BCUT2D eigenvalue weighted by atomic mass is 10.2. The van der Waals surface area contributed by atoms with Gasteiger partial charge in [-0.2, -0.15) is 0 Å². The van der Waals surface area contributed by atoms with Crippen molar-refractivity contribution < 1.29 is 18.0 Å². The number of hydrogen-bond donors (Lipinski definition) is 3. The molecular weight excluding hydrogens is 330 g/mol. The number of nitrogens with one attached hydrogen (secondary N) is 3. The zero-order valence-electron chi connectivity index (χ0n) is 12.2. The minimum Gasteiger partial charge on any atom is -0.353 e. The first-order chi connectivity index (χ1) is 10.2. The highest BCUT2D eigenvalue weighted by molar-refractivity contribution is 7.92. The summed E-state index contributed by atoms with van der Waals surface area (Å²) < 4.78 is 24.4. The molecule has 3 N–H and O–H groups in total. The van der Waals surface area contributed by atoms with Gasteiger partial charge in [0, 0.05) is 24.3 Å². The van der Waals surface area contributed by atoms with Gasteiger partial charge in [0.15, 0.2) is 0 Å². The van der Waals surface area contributed by atoms with Crippen LogP contribution in [0.4, 0.5) is 5.69 Å². The lowest BCUT2D eigenvalue weighted by Crippen LogP contribution is -2.37. The standard InChI is InChI=1S/C13H18ClN3O4S/c1-9(14)12(18)15-7-8-16-13(19)10-3-5-11(6-4-10)17-22(2,20)21/h3-6,9,17H,7-8H2,1-2H3,(H,15,18)(H,16,19). The van der Waals surface area contributed by atoms with Gasteiger partial charge in [0.25, 0.3) is 5.91 Å². The van der Waals surface area contributed by atoms with Crippen molar-refractivity contribution in [1.82, 2.24) is 10.6 Å². The van der Waals surface area contributed by atoms with E-state index in [9.17, 15) is 18.0 Å². The van der Waals surface area contributed by atoms with Crippen molar-refractivity contribution in [3.63, 3.8) is 0 Å². The molecule has 0 aliphatic heterocycles. The number of benzene rings is 1. The van der Waals surface area contributed by atoms with Crippen molar-refractivity contribution in [2.75, 3.05) is 24.1 Å². The van der Waals surface area contributed by atoms with E-state index in [0.29, 0.717) is 11.3 Å². The molecule has 1 aromatic carbocycles. The smallest absolute Gasteiger partial charge is 0.251 e. The highest BCUT2D eigenvalue weighted by Crippen LogP contribution is 2.10. The predicted octanol–water partition coefficient (Wildman–Crippen LogP) is 0.531. The zero-order valence-corrected chi connectivity index (χ0v) is 13.8. The molecule has 0 radical (unpaired) electrons. The molecule has 2 amide bonds. The largest absolute Gasteiger partial charge is 0.353 e. The van der Waals surface area contributed by atoms with E-state index in [2.05, 4.69) is 15.4 Å². The zero-order chi connectivity index (χ0) is 16.8. The first-order valence-electron chi connectivity index (χ1n) is 6.47. The molecule has 0 aromatic heterocycles. The highest BCUT2D eigenvalue weighted by atomic mass is 35.5. The average Bonchev–Trinajstić information content (AvgIpc) is 2.42. The third-order valence-corrected chi connectivity index (χ3v) is 3.33. The van der Waals surface area contributed by atoms with E-state index in [1.54, 1.807) is 6.92 Å². The minimum absolute atomic E-state index is 0.261. The van der Waals surface area contributed by atoms with Crippen LogP contribution in [0.25, 0.3) is 0 Å². The molecule has 0 aliphatic carbocycles. The van der Waals surface area contributed by atoms with E-state index in [0.717, 1.165) is 6.26 Å². The van der Waals surface area contributed by atoms with Gasteiger partial charge in [-0.25, -0.2) is 8.42 Å². The van der Waals surface area contributed by atoms with Crippen LogP contribution >= 0.6 is 11.6 Å². The van der Waals surface area contributed by atoms with Gasteiger partial charge in [-0.15, -0.1) is 11.6 Å². The number of carbonyl (C=O) groups is 2. The van der Waals surface area contributed by atoms with Crippen LogP contribution in [0.2, 0.25) is 0 Å². The Balaban J connectivity index is 2.44. The molecule has 122 valence electrons. The summed E-state index contributed by atoms with van der Waals surface area (Å²) in [5.41, 5.74) is 0.763. The molecule has 0 fully saturated rings. The molecule has 1 aromatic rings. The minimum atomic E-state index is -3.34. The summed E-state index contributed by atoms with van der Waals surface area (Å²) in [5.74, 6) is -0.619. The Bertz CT molecular complexity index is 629. The van der Waals surface area contributed by atoms with Crippen LogP contribution in [0.1, 0.15) is 17.3 Å². The van der Waals surface area contributed by atoms with Crippen molar-refractivity contribution >= 4 is 39.1 Å². The topological polar surface area (TPSA) is 104 Å². The summed E-state index contributed by atoms with van der Waals surface area (Å²) in [5, 5.41) is 4.57. The summed E-state index contributed by atoms with van der Waals surface area (Å²) in [4.78, 5) is 23.0. The summed E-state index contributed by atoms with van der Waals surface area (Å²) >= 11 is 5.58. The Hall–Kier alpha value is -1.80. The quantitative estimate of drug-likeness (QED) is 0.494. The van der Waals surface area contributed by atoms with Crippen LogP contribution in [0, 0.1) is 0 Å². The average molecular weight is 348 g/mol. The van der Waals surface area contributed by atoms with Gasteiger partial charge in [0.2, 0.25) is 15.9 Å². The van der Waals surface area contributed by atoms with E-state index in [-0.39, 0.29) is 24.9 Å². The van der Waals surface area contributed by atoms with E-state index in [4.69, 9.17) is 11.6 Å². The third-order valence-electron chi connectivity index (χ3n) is 2.52. The van der Waals surface area contributed by atoms with E-state index < -0.39 is 15.4 Å². The predicted molar refractivity (Wildman–Crippen MR) is 85.6 cm³/mol. The maximum absolute atomic E-state index is 11.8. The maximum atomic E-state index is 11.8. The van der Waals surface area contributed by atoms with E-state index in [1.807, 2.05) is 0 Å². The normalized spacial score (nSPS) is 12.3. The lowest BCUT2D eigenvalue weighted by Gasteiger charge is -2.09. The molecule has 1 rings (SSSR count). The van der Waals surface area contributed by atoms with Crippen LogP contribution < -0.4 is 15.4 Å². The molecular formula is C13H18ClN3O4S. The second kappa shape index (κ2) is 8.00. The van der Waals surface area contributed by atoms with Crippen molar-refractivity contribution in [2.45, 2.75) is 12.3 Å². The number of alkyl halides is 1. The van der Waals surface area contributed by atoms with Gasteiger partial charge in [-0.3, -0.25) is 14.3 Å². The number of sulfonamides is 1. The number of halogens is 1. The van der Waals surface area contributed by atoms with Gasteiger partial charge in [-0.05, 0) is 31.2 Å². The molecule has 0 saturated heterocycles. The van der Waals surface area contributed by atoms with Crippen LogP contribution in [0.3, 0.4) is 0 Å². The van der Waals surface area contributed by atoms with Crippen molar-refractivity contribution in [3.8, 4) is 0 Å². The summed E-state index contributed by atoms with van der Waals surface area (Å²) in [6, 6.07) is 5.99. The maximum Gasteiger partial charge on any atom is 0.251 e. The van der Waals surface area contributed by atoms with Crippen LogP contribution in [0.15, 0.2) is 24.3 Å². The highest BCUT2D eigenvalue weighted by Gasteiger charge is 2.09. The Morgan fingerprint density at radius 2 is 1.68 bits per heavy atom. The molecule has 1 atom stereocenters. The summed E-state index contributed by atoms with van der Waals surface area (Å²) in [6.45, 7) is 2.09. The van der Waals surface area contributed by atoms with Crippen molar-refractivity contribution in [3.05, 3.63) is 29.8 Å². The number of amides is 2. The van der Waals surface area contributed by atoms with Crippen molar-refractivity contribution in [2.24, 2.45) is 0 Å². The number of anilines is 1. The van der Waals surface area contributed by atoms with Gasteiger partial charge in [0.05, 0.1) is 6.26 Å². The SMILES string of the molecule is CC(Cl)C(=O)NCCNC(=O)c1ccc(NS(C)(=O)=O)cc1. The number of carbonyl (C=O) groups excluding carboxylic acids is 2. The molecule has 22 heavy (non-hydrogen) atoms. The van der Waals surface area contributed by atoms with Crippen LogP contribution in [-0.2, 0) is 14.8 Å². The molecule has 7 nitrogen and oxygen atoms in total. The molecule has 1 unspecified atom stereocenters.